The molecule has 2 aromatic carbocycles. The summed E-state index contributed by atoms with van der Waals surface area (Å²) in [5.74, 6) is -0.164. The molecule has 3 N–H and O–H groups in total. The topological polar surface area (TPSA) is 55.1 Å². The van der Waals surface area contributed by atoms with Crippen LogP contribution < -0.4 is 11.1 Å². The zero-order valence-electron chi connectivity index (χ0n) is 11.9. The van der Waals surface area contributed by atoms with Gasteiger partial charge in [-0.2, -0.15) is 0 Å². The number of carbonyl (C=O) groups is 1. The Morgan fingerprint density at radius 3 is 2.35 bits per heavy atom. The molecule has 3 nitrogen and oxygen atoms in total. The predicted octanol–water partition coefficient (Wildman–Crippen LogP) is 3.42. The third kappa shape index (κ3) is 3.06. The van der Waals surface area contributed by atoms with E-state index in [1.165, 1.54) is 0 Å². The molecular formula is C17H20N2O. The van der Waals surface area contributed by atoms with Crippen LogP contribution in [0.4, 0.5) is 5.69 Å². The second-order valence-electron chi connectivity index (χ2n) is 5.14. The van der Waals surface area contributed by atoms with E-state index in [9.17, 15) is 4.79 Å². The number of hydrogen-bond acceptors (Lipinski definition) is 2. The number of nitrogens with one attached hydrogen (secondary N) is 1. The zero-order valence-corrected chi connectivity index (χ0v) is 11.9. The number of para-hydroxylation sites is 1. The van der Waals surface area contributed by atoms with Gasteiger partial charge in [-0.25, -0.2) is 0 Å². The van der Waals surface area contributed by atoms with Crippen molar-refractivity contribution < 1.29 is 4.79 Å². The largest absolute Gasteiger partial charge is 0.324 e. The summed E-state index contributed by atoms with van der Waals surface area (Å²) in [4.78, 5) is 12.2. The van der Waals surface area contributed by atoms with E-state index in [4.69, 9.17) is 5.73 Å². The minimum atomic E-state index is -0.857. The van der Waals surface area contributed by atoms with E-state index in [1.807, 2.05) is 61.5 Å². The normalized spacial score (nSPS) is 13.6. The highest BCUT2D eigenvalue weighted by Crippen LogP contribution is 2.28. The van der Waals surface area contributed by atoms with Crippen LogP contribution in [0.1, 0.15) is 20.3 Å². The smallest absolute Gasteiger partial charge is 0.244 e. The average molecular weight is 268 g/mol. The van der Waals surface area contributed by atoms with Crippen LogP contribution in [-0.2, 0) is 4.79 Å². The van der Waals surface area contributed by atoms with Gasteiger partial charge >= 0.3 is 0 Å². The summed E-state index contributed by atoms with van der Waals surface area (Å²) in [6.45, 7) is 3.65. The number of hydrogen-bond donors (Lipinski definition) is 2. The fraction of sp³-hybridized carbons (Fsp3) is 0.235. The lowest BCUT2D eigenvalue weighted by Crippen LogP contribution is -2.47. The van der Waals surface area contributed by atoms with Gasteiger partial charge in [0.1, 0.15) is 0 Å². The summed E-state index contributed by atoms with van der Waals surface area (Å²) >= 11 is 0. The van der Waals surface area contributed by atoms with E-state index in [0.29, 0.717) is 6.42 Å². The van der Waals surface area contributed by atoms with Crippen molar-refractivity contribution in [2.75, 3.05) is 5.32 Å². The molecule has 0 aliphatic heterocycles. The maximum absolute atomic E-state index is 12.2. The summed E-state index contributed by atoms with van der Waals surface area (Å²) in [5.41, 5.74) is 7.97. The van der Waals surface area contributed by atoms with Crippen LogP contribution in [0.2, 0.25) is 0 Å². The van der Waals surface area contributed by atoms with Gasteiger partial charge in [-0.3, -0.25) is 4.79 Å². The molecule has 2 rings (SSSR count). The summed E-state index contributed by atoms with van der Waals surface area (Å²) in [6, 6.07) is 17.7. The highest BCUT2D eigenvalue weighted by atomic mass is 16.2. The molecular weight excluding hydrogens is 248 g/mol. The third-order valence-corrected chi connectivity index (χ3v) is 3.51. The molecule has 0 aromatic heterocycles. The lowest BCUT2D eigenvalue weighted by Gasteiger charge is -2.22. The van der Waals surface area contributed by atoms with Crippen molar-refractivity contribution in [1.29, 1.82) is 0 Å². The van der Waals surface area contributed by atoms with Crippen LogP contribution in [-0.4, -0.2) is 11.4 Å². The number of anilines is 1. The number of rotatable bonds is 4. The molecule has 0 aliphatic rings. The quantitative estimate of drug-likeness (QED) is 0.892. The van der Waals surface area contributed by atoms with Crippen molar-refractivity contribution in [2.45, 2.75) is 25.8 Å². The maximum atomic E-state index is 12.2. The molecule has 3 heteroatoms. The van der Waals surface area contributed by atoms with Gasteiger partial charge in [-0.05, 0) is 25.0 Å². The van der Waals surface area contributed by atoms with Gasteiger partial charge in [-0.15, -0.1) is 0 Å². The molecule has 104 valence electrons. The Bertz CT molecular complexity index is 591. The highest BCUT2D eigenvalue weighted by Gasteiger charge is 2.26. The lowest BCUT2D eigenvalue weighted by atomic mass is 9.98. The molecule has 0 fully saturated rings. The van der Waals surface area contributed by atoms with Gasteiger partial charge in [0.05, 0.1) is 5.54 Å². The molecule has 2 aromatic rings. The molecule has 0 heterocycles. The van der Waals surface area contributed by atoms with E-state index >= 15 is 0 Å². The second kappa shape index (κ2) is 5.88. The average Bonchev–Trinajstić information content (AvgIpc) is 2.48. The number of carbonyl (C=O) groups excluding carboxylic acids is 1. The van der Waals surface area contributed by atoms with Crippen LogP contribution in [0.15, 0.2) is 54.6 Å². The molecule has 1 atom stereocenters. The van der Waals surface area contributed by atoms with E-state index in [2.05, 4.69) is 5.32 Å². The Hall–Kier alpha value is -2.13. The molecule has 0 saturated carbocycles. The summed E-state index contributed by atoms with van der Waals surface area (Å²) in [6.07, 6.45) is 0.590. The number of amides is 1. The Labute approximate surface area is 119 Å². The fourth-order valence-corrected chi connectivity index (χ4v) is 1.89. The van der Waals surface area contributed by atoms with Gasteiger partial charge in [0.2, 0.25) is 5.91 Å². The van der Waals surface area contributed by atoms with Crippen molar-refractivity contribution in [3.8, 4) is 11.1 Å². The zero-order chi connectivity index (χ0) is 14.6. The Kier molecular flexibility index (Phi) is 4.20. The van der Waals surface area contributed by atoms with Crippen LogP contribution in [0.25, 0.3) is 11.1 Å². The van der Waals surface area contributed by atoms with E-state index < -0.39 is 5.54 Å². The molecule has 1 amide bonds. The fourth-order valence-electron chi connectivity index (χ4n) is 1.89. The van der Waals surface area contributed by atoms with Crippen LogP contribution in [0.5, 0.6) is 0 Å². The molecule has 20 heavy (non-hydrogen) atoms. The summed E-state index contributed by atoms with van der Waals surface area (Å²) in [5, 5.41) is 2.94. The molecule has 1 unspecified atom stereocenters. The van der Waals surface area contributed by atoms with Crippen LogP contribution in [0, 0.1) is 0 Å². The minimum Gasteiger partial charge on any atom is -0.324 e. The number of benzene rings is 2. The standard InChI is InChI=1S/C17H20N2O/c1-3-17(2,18)16(20)19-15-12-8-7-11-14(15)13-9-5-4-6-10-13/h4-12H,3,18H2,1-2H3,(H,19,20). The first-order valence-corrected chi connectivity index (χ1v) is 6.79. The van der Waals surface area contributed by atoms with Gasteiger partial charge in [0.25, 0.3) is 0 Å². The molecule has 0 aliphatic carbocycles. The van der Waals surface area contributed by atoms with Crippen LogP contribution in [0.3, 0.4) is 0 Å². The maximum Gasteiger partial charge on any atom is 0.244 e. The SMILES string of the molecule is CCC(C)(N)C(=O)Nc1ccccc1-c1ccccc1. The predicted molar refractivity (Wildman–Crippen MR) is 83.4 cm³/mol. The van der Waals surface area contributed by atoms with Gasteiger partial charge in [0, 0.05) is 11.3 Å². The minimum absolute atomic E-state index is 0.164. The molecule has 0 radical (unpaired) electrons. The van der Waals surface area contributed by atoms with Gasteiger partial charge in [-0.1, -0.05) is 55.5 Å². The first-order valence-electron chi connectivity index (χ1n) is 6.79. The van der Waals surface area contributed by atoms with E-state index in [1.54, 1.807) is 6.92 Å². The Morgan fingerprint density at radius 1 is 1.10 bits per heavy atom. The Balaban J connectivity index is 2.33. The lowest BCUT2D eigenvalue weighted by molar-refractivity contribution is -0.120. The van der Waals surface area contributed by atoms with Crippen molar-refractivity contribution in [3.63, 3.8) is 0 Å². The molecule has 0 saturated heterocycles. The number of nitrogens with two attached hydrogens (primary N) is 1. The summed E-state index contributed by atoms with van der Waals surface area (Å²) < 4.78 is 0. The highest BCUT2D eigenvalue weighted by molar-refractivity contribution is 6.00. The van der Waals surface area contributed by atoms with Crippen molar-refractivity contribution in [3.05, 3.63) is 54.6 Å². The van der Waals surface area contributed by atoms with Crippen molar-refractivity contribution >= 4 is 11.6 Å². The third-order valence-electron chi connectivity index (χ3n) is 3.51. The molecule has 0 spiro atoms. The Morgan fingerprint density at radius 2 is 1.70 bits per heavy atom. The van der Waals surface area contributed by atoms with Gasteiger partial charge < -0.3 is 11.1 Å². The van der Waals surface area contributed by atoms with Crippen molar-refractivity contribution in [2.24, 2.45) is 5.73 Å². The van der Waals surface area contributed by atoms with Crippen molar-refractivity contribution in [1.82, 2.24) is 0 Å². The monoisotopic (exact) mass is 268 g/mol. The summed E-state index contributed by atoms with van der Waals surface area (Å²) in [7, 11) is 0. The van der Waals surface area contributed by atoms with E-state index in [-0.39, 0.29) is 5.91 Å². The second-order valence-corrected chi connectivity index (χ2v) is 5.14. The van der Waals surface area contributed by atoms with E-state index in [0.717, 1.165) is 16.8 Å². The first kappa shape index (κ1) is 14.3. The van der Waals surface area contributed by atoms with Crippen LogP contribution >= 0.6 is 0 Å². The van der Waals surface area contributed by atoms with Gasteiger partial charge in [0.15, 0.2) is 0 Å². The first-order chi connectivity index (χ1) is 9.54. The molecule has 0 bridgehead atoms.